The summed E-state index contributed by atoms with van der Waals surface area (Å²) in [6.07, 6.45) is 1.54. The molecular weight excluding hydrogens is 172 g/mol. The van der Waals surface area contributed by atoms with Crippen molar-refractivity contribution in [2.24, 2.45) is 5.73 Å². The number of aliphatic carboxylic acids is 1. The zero-order valence-electron chi connectivity index (χ0n) is 7.56. The SMILES string of the molecule is CC(C)(C(=O)O)n1cc(CN)nn1. The molecule has 0 aliphatic carbocycles. The molecule has 0 bridgehead atoms. The predicted octanol–water partition coefficient (Wildman–Crippen LogP) is -0.443. The number of aromatic nitrogens is 3. The molecule has 3 N–H and O–H groups in total. The average Bonchev–Trinajstić information content (AvgIpc) is 2.51. The summed E-state index contributed by atoms with van der Waals surface area (Å²) in [4.78, 5) is 10.8. The summed E-state index contributed by atoms with van der Waals surface area (Å²) in [6, 6.07) is 0. The van der Waals surface area contributed by atoms with Crippen LogP contribution in [0.15, 0.2) is 6.20 Å². The van der Waals surface area contributed by atoms with Crippen LogP contribution in [0.4, 0.5) is 0 Å². The van der Waals surface area contributed by atoms with Crippen molar-refractivity contribution in [3.05, 3.63) is 11.9 Å². The molecule has 0 atom stereocenters. The maximum Gasteiger partial charge on any atom is 0.331 e. The van der Waals surface area contributed by atoms with Crippen LogP contribution in [0.3, 0.4) is 0 Å². The number of hydrogen-bond donors (Lipinski definition) is 2. The third-order valence-electron chi connectivity index (χ3n) is 1.85. The zero-order chi connectivity index (χ0) is 10.1. The highest BCUT2D eigenvalue weighted by molar-refractivity contribution is 5.75. The van der Waals surface area contributed by atoms with Crippen LogP contribution in [0.5, 0.6) is 0 Å². The highest BCUT2D eigenvalue weighted by Gasteiger charge is 2.30. The van der Waals surface area contributed by atoms with Gasteiger partial charge in [-0.05, 0) is 13.8 Å². The van der Waals surface area contributed by atoms with E-state index in [-0.39, 0.29) is 6.54 Å². The van der Waals surface area contributed by atoms with Gasteiger partial charge in [0, 0.05) is 6.54 Å². The Morgan fingerprint density at radius 2 is 2.38 bits per heavy atom. The second kappa shape index (κ2) is 3.14. The van der Waals surface area contributed by atoms with Crippen molar-refractivity contribution in [3.63, 3.8) is 0 Å². The molecule has 72 valence electrons. The monoisotopic (exact) mass is 184 g/mol. The van der Waals surface area contributed by atoms with Crippen molar-refractivity contribution in [3.8, 4) is 0 Å². The molecule has 0 fully saturated rings. The van der Waals surface area contributed by atoms with Crippen molar-refractivity contribution in [2.75, 3.05) is 0 Å². The molecule has 0 aliphatic rings. The number of carboxylic acids is 1. The quantitative estimate of drug-likeness (QED) is 0.663. The van der Waals surface area contributed by atoms with Gasteiger partial charge in [-0.1, -0.05) is 5.21 Å². The summed E-state index contributed by atoms with van der Waals surface area (Å²) in [6.45, 7) is 3.35. The molecule has 0 unspecified atom stereocenters. The maximum atomic E-state index is 10.8. The third-order valence-corrected chi connectivity index (χ3v) is 1.85. The predicted molar refractivity (Wildman–Crippen MR) is 44.9 cm³/mol. The first-order valence-electron chi connectivity index (χ1n) is 3.83. The van der Waals surface area contributed by atoms with Crippen molar-refractivity contribution in [1.82, 2.24) is 15.0 Å². The smallest absolute Gasteiger partial charge is 0.331 e. The minimum absolute atomic E-state index is 0.260. The Morgan fingerprint density at radius 3 is 2.77 bits per heavy atom. The first kappa shape index (κ1) is 9.66. The number of carboxylic acid groups (broad SMARTS) is 1. The van der Waals surface area contributed by atoms with Gasteiger partial charge in [0.15, 0.2) is 5.54 Å². The summed E-state index contributed by atoms with van der Waals surface area (Å²) in [7, 11) is 0. The normalized spacial score (nSPS) is 11.6. The zero-order valence-corrected chi connectivity index (χ0v) is 7.56. The van der Waals surface area contributed by atoms with Crippen molar-refractivity contribution in [2.45, 2.75) is 25.9 Å². The molecule has 1 aromatic rings. The minimum Gasteiger partial charge on any atom is -0.479 e. The molecule has 0 saturated heterocycles. The van der Waals surface area contributed by atoms with E-state index in [0.717, 1.165) is 0 Å². The molecule has 6 heteroatoms. The number of nitrogens with zero attached hydrogens (tertiary/aromatic N) is 3. The summed E-state index contributed by atoms with van der Waals surface area (Å²) in [5, 5.41) is 16.3. The Morgan fingerprint density at radius 1 is 1.77 bits per heavy atom. The first-order chi connectivity index (χ1) is 5.98. The Hall–Kier alpha value is -1.43. The fourth-order valence-corrected chi connectivity index (χ4v) is 0.763. The van der Waals surface area contributed by atoms with Crippen LogP contribution >= 0.6 is 0 Å². The molecule has 1 rings (SSSR count). The van der Waals surface area contributed by atoms with Crippen LogP contribution in [0, 0.1) is 0 Å². The second-order valence-electron chi connectivity index (χ2n) is 3.22. The van der Waals surface area contributed by atoms with E-state index < -0.39 is 11.5 Å². The topological polar surface area (TPSA) is 94.0 Å². The van der Waals surface area contributed by atoms with Crippen LogP contribution < -0.4 is 5.73 Å². The fraction of sp³-hybridized carbons (Fsp3) is 0.571. The lowest BCUT2D eigenvalue weighted by Gasteiger charge is -2.18. The van der Waals surface area contributed by atoms with E-state index >= 15 is 0 Å². The van der Waals surface area contributed by atoms with Gasteiger partial charge in [0.25, 0.3) is 0 Å². The van der Waals surface area contributed by atoms with Crippen molar-refractivity contribution < 1.29 is 9.90 Å². The van der Waals surface area contributed by atoms with Crippen molar-refractivity contribution >= 4 is 5.97 Å². The largest absolute Gasteiger partial charge is 0.479 e. The molecule has 6 nitrogen and oxygen atoms in total. The van der Waals surface area contributed by atoms with E-state index in [9.17, 15) is 4.79 Å². The lowest BCUT2D eigenvalue weighted by atomic mass is 10.1. The first-order valence-corrected chi connectivity index (χ1v) is 3.83. The lowest BCUT2D eigenvalue weighted by molar-refractivity contribution is -0.146. The van der Waals surface area contributed by atoms with Crippen molar-refractivity contribution in [1.29, 1.82) is 0 Å². The van der Waals surface area contributed by atoms with Gasteiger partial charge in [-0.2, -0.15) is 0 Å². The second-order valence-corrected chi connectivity index (χ2v) is 3.22. The van der Waals surface area contributed by atoms with E-state index in [2.05, 4.69) is 10.3 Å². The highest BCUT2D eigenvalue weighted by atomic mass is 16.4. The number of hydrogen-bond acceptors (Lipinski definition) is 4. The summed E-state index contributed by atoms with van der Waals surface area (Å²) in [5.74, 6) is -0.957. The standard InChI is InChI=1S/C7H12N4O2/c1-7(2,6(12)13)11-4-5(3-8)9-10-11/h4H,3,8H2,1-2H3,(H,12,13). The number of rotatable bonds is 3. The van der Waals surface area contributed by atoms with Crippen LogP contribution in [-0.2, 0) is 16.9 Å². The van der Waals surface area contributed by atoms with Crippen LogP contribution in [0.1, 0.15) is 19.5 Å². The van der Waals surface area contributed by atoms with Gasteiger partial charge in [0.1, 0.15) is 0 Å². The van der Waals surface area contributed by atoms with Gasteiger partial charge < -0.3 is 10.8 Å². The van der Waals surface area contributed by atoms with Crippen LogP contribution in [0.25, 0.3) is 0 Å². The van der Waals surface area contributed by atoms with Crippen LogP contribution in [-0.4, -0.2) is 26.1 Å². The number of carbonyl (C=O) groups is 1. The Labute approximate surface area is 75.3 Å². The maximum absolute atomic E-state index is 10.8. The molecule has 13 heavy (non-hydrogen) atoms. The van der Waals surface area contributed by atoms with Gasteiger partial charge in [-0.3, -0.25) is 0 Å². The van der Waals surface area contributed by atoms with Gasteiger partial charge in [-0.15, -0.1) is 5.10 Å². The highest BCUT2D eigenvalue weighted by Crippen LogP contribution is 2.13. The van der Waals surface area contributed by atoms with E-state index in [1.54, 1.807) is 13.8 Å². The fourth-order valence-electron chi connectivity index (χ4n) is 0.763. The van der Waals surface area contributed by atoms with Gasteiger partial charge in [0.2, 0.25) is 0 Å². The molecule has 0 saturated carbocycles. The van der Waals surface area contributed by atoms with E-state index in [1.807, 2.05) is 0 Å². The molecule has 0 spiro atoms. The Bertz CT molecular complexity index is 318. The number of nitrogens with two attached hydrogens (primary N) is 1. The molecule has 0 aromatic carbocycles. The molecule has 0 radical (unpaired) electrons. The van der Waals surface area contributed by atoms with Gasteiger partial charge >= 0.3 is 5.97 Å². The molecule has 0 amide bonds. The summed E-state index contributed by atoms with van der Waals surface area (Å²) < 4.78 is 1.29. The molecule has 0 aliphatic heterocycles. The van der Waals surface area contributed by atoms with E-state index in [1.165, 1.54) is 10.9 Å². The molecule has 1 heterocycles. The average molecular weight is 184 g/mol. The summed E-state index contributed by atoms with van der Waals surface area (Å²) in [5.41, 5.74) is 4.81. The third kappa shape index (κ3) is 1.67. The Balaban J connectivity index is 3.00. The minimum atomic E-state index is -1.08. The Kier molecular flexibility index (Phi) is 2.33. The lowest BCUT2D eigenvalue weighted by Crippen LogP contribution is -2.36. The van der Waals surface area contributed by atoms with Gasteiger partial charge in [0.05, 0.1) is 11.9 Å². The van der Waals surface area contributed by atoms with Gasteiger partial charge in [-0.25, -0.2) is 9.48 Å². The van der Waals surface area contributed by atoms with Crippen LogP contribution in [0.2, 0.25) is 0 Å². The summed E-state index contributed by atoms with van der Waals surface area (Å²) >= 11 is 0. The van der Waals surface area contributed by atoms with E-state index in [4.69, 9.17) is 10.8 Å². The van der Waals surface area contributed by atoms with E-state index in [0.29, 0.717) is 5.69 Å². The molecular formula is C7H12N4O2. The molecule has 1 aromatic heterocycles.